The van der Waals surface area contributed by atoms with E-state index in [1.54, 1.807) is 0 Å². The highest BCUT2D eigenvalue weighted by Crippen LogP contribution is 2.21. The molecule has 0 bridgehead atoms. The molecule has 1 heterocycles. The average Bonchev–Trinajstić information content (AvgIpc) is 2.83. The van der Waals surface area contributed by atoms with Crippen LogP contribution in [0.1, 0.15) is 64.7 Å². The topological polar surface area (TPSA) is 29.9 Å². The monoisotopic (exact) mass is 249 g/mol. The largest absolute Gasteiger partial charge is 0.353 e. The standard InChI is InChI=1S/C15H27N3/c1-2-3-4-8-12-18-13-11-16-15(18)17-14-9-6-5-7-10-14/h11,13-14H,2-10,12H2,1H3,(H,16,17). The minimum Gasteiger partial charge on any atom is -0.353 e. The summed E-state index contributed by atoms with van der Waals surface area (Å²) in [5.41, 5.74) is 0. The highest BCUT2D eigenvalue weighted by atomic mass is 15.2. The molecule has 0 atom stereocenters. The summed E-state index contributed by atoms with van der Waals surface area (Å²) in [4.78, 5) is 4.46. The third-order valence-corrected chi connectivity index (χ3v) is 3.91. The van der Waals surface area contributed by atoms with E-state index in [1.807, 2.05) is 6.20 Å². The number of aromatic nitrogens is 2. The highest BCUT2D eigenvalue weighted by molar-refractivity contribution is 5.27. The van der Waals surface area contributed by atoms with Crippen LogP contribution in [0.2, 0.25) is 0 Å². The number of rotatable bonds is 7. The molecule has 0 aliphatic heterocycles. The Morgan fingerprint density at radius 1 is 1.22 bits per heavy atom. The molecular weight excluding hydrogens is 222 g/mol. The van der Waals surface area contributed by atoms with Gasteiger partial charge in [0.2, 0.25) is 5.95 Å². The first-order chi connectivity index (χ1) is 8.90. The smallest absolute Gasteiger partial charge is 0.202 e. The Balaban J connectivity index is 1.79. The Morgan fingerprint density at radius 2 is 2.06 bits per heavy atom. The number of nitrogens with zero attached hydrogens (tertiary/aromatic N) is 2. The van der Waals surface area contributed by atoms with E-state index in [-0.39, 0.29) is 0 Å². The lowest BCUT2D eigenvalue weighted by Gasteiger charge is -2.23. The molecule has 2 rings (SSSR count). The highest BCUT2D eigenvalue weighted by Gasteiger charge is 2.14. The van der Waals surface area contributed by atoms with Gasteiger partial charge in [0.1, 0.15) is 0 Å². The van der Waals surface area contributed by atoms with Crippen molar-refractivity contribution in [3.05, 3.63) is 12.4 Å². The first-order valence-electron chi connectivity index (χ1n) is 7.68. The molecule has 1 saturated carbocycles. The van der Waals surface area contributed by atoms with Gasteiger partial charge in [0.15, 0.2) is 0 Å². The fourth-order valence-electron chi connectivity index (χ4n) is 2.77. The molecule has 1 N–H and O–H groups in total. The molecule has 1 aliphatic carbocycles. The van der Waals surface area contributed by atoms with Crippen molar-refractivity contribution in [1.29, 1.82) is 0 Å². The van der Waals surface area contributed by atoms with Crippen molar-refractivity contribution in [2.45, 2.75) is 77.3 Å². The van der Waals surface area contributed by atoms with Crippen molar-refractivity contribution in [3.8, 4) is 0 Å². The van der Waals surface area contributed by atoms with Crippen molar-refractivity contribution in [2.24, 2.45) is 0 Å². The van der Waals surface area contributed by atoms with Crippen molar-refractivity contribution in [3.63, 3.8) is 0 Å². The van der Waals surface area contributed by atoms with Crippen LogP contribution in [0, 0.1) is 0 Å². The van der Waals surface area contributed by atoms with Crippen LogP contribution in [-0.4, -0.2) is 15.6 Å². The van der Waals surface area contributed by atoms with Crippen LogP contribution in [0.25, 0.3) is 0 Å². The van der Waals surface area contributed by atoms with Gasteiger partial charge < -0.3 is 9.88 Å². The van der Waals surface area contributed by atoms with Crippen LogP contribution < -0.4 is 5.32 Å². The average molecular weight is 249 g/mol. The quantitative estimate of drug-likeness (QED) is 0.734. The second-order valence-corrected chi connectivity index (χ2v) is 5.48. The fourth-order valence-corrected chi connectivity index (χ4v) is 2.77. The lowest BCUT2D eigenvalue weighted by Crippen LogP contribution is -2.24. The van der Waals surface area contributed by atoms with Gasteiger partial charge in [-0.3, -0.25) is 0 Å². The zero-order valence-electron chi connectivity index (χ0n) is 11.7. The Kier molecular flexibility index (Phi) is 5.56. The van der Waals surface area contributed by atoms with E-state index in [0.717, 1.165) is 12.5 Å². The zero-order valence-corrected chi connectivity index (χ0v) is 11.7. The van der Waals surface area contributed by atoms with E-state index in [9.17, 15) is 0 Å². The summed E-state index contributed by atoms with van der Waals surface area (Å²) in [5, 5.41) is 3.62. The van der Waals surface area contributed by atoms with E-state index in [0.29, 0.717) is 6.04 Å². The molecule has 0 spiro atoms. The van der Waals surface area contributed by atoms with Gasteiger partial charge in [0.25, 0.3) is 0 Å². The molecule has 3 nitrogen and oxygen atoms in total. The number of aryl methyl sites for hydroxylation is 1. The number of nitrogens with one attached hydrogen (secondary N) is 1. The number of hydrogen-bond donors (Lipinski definition) is 1. The van der Waals surface area contributed by atoms with Gasteiger partial charge in [-0.1, -0.05) is 45.4 Å². The predicted molar refractivity (Wildman–Crippen MR) is 76.9 cm³/mol. The van der Waals surface area contributed by atoms with Gasteiger partial charge >= 0.3 is 0 Å². The van der Waals surface area contributed by atoms with Gasteiger partial charge in [-0.15, -0.1) is 0 Å². The fraction of sp³-hybridized carbons (Fsp3) is 0.800. The molecule has 1 aromatic rings. The summed E-state index contributed by atoms with van der Waals surface area (Å²) in [6.45, 7) is 3.36. The number of anilines is 1. The van der Waals surface area contributed by atoms with Crippen LogP contribution >= 0.6 is 0 Å². The third kappa shape index (κ3) is 4.04. The van der Waals surface area contributed by atoms with Gasteiger partial charge in [0.05, 0.1) is 0 Å². The minimum atomic E-state index is 0.649. The summed E-state index contributed by atoms with van der Waals surface area (Å²) in [7, 11) is 0. The first-order valence-corrected chi connectivity index (χ1v) is 7.68. The number of hydrogen-bond acceptors (Lipinski definition) is 2. The maximum Gasteiger partial charge on any atom is 0.202 e. The maximum atomic E-state index is 4.46. The molecule has 0 aromatic carbocycles. The second kappa shape index (κ2) is 7.45. The summed E-state index contributed by atoms with van der Waals surface area (Å²) < 4.78 is 2.28. The molecular formula is C15H27N3. The first kappa shape index (κ1) is 13.4. The molecule has 1 aromatic heterocycles. The molecule has 1 fully saturated rings. The molecule has 102 valence electrons. The van der Waals surface area contributed by atoms with Crippen LogP contribution in [0.5, 0.6) is 0 Å². The Labute approximate surface area is 111 Å². The molecule has 0 saturated heterocycles. The van der Waals surface area contributed by atoms with Crippen molar-refractivity contribution in [2.75, 3.05) is 5.32 Å². The predicted octanol–water partition coefficient (Wildman–Crippen LogP) is 4.21. The van der Waals surface area contributed by atoms with Crippen LogP contribution in [-0.2, 0) is 6.54 Å². The number of unbranched alkanes of at least 4 members (excludes halogenated alkanes) is 3. The summed E-state index contributed by atoms with van der Waals surface area (Å²) >= 11 is 0. The normalized spacial score (nSPS) is 16.9. The third-order valence-electron chi connectivity index (χ3n) is 3.91. The van der Waals surface area contributed by atoms with Crippen molar-refractivity contribution in [1.82, 2.24) is 9.55 Å². The second-order valence-electron chi connectivity index (χ2n) is 5.48. The summed E-state index contributed by atoms with van der Waals surface area (Å²) in [6.07, 6.45) is 16.0. The van der Waals surface area contributed by atoms with Crippen molar-refractivity contribution >= 4 is 5.95 Å². The van der Waals surface area contributed by atoms with E-state index in [1.165, 1.54) is 57.8 Å². The van der Waals surface area contributed by atoms with Gasteiger partial charge in [0, 0.05) is 25.0 Å². The molecule has 0 amide bonds. The van der Waals surface area contributed by atoms with Gasteiger partial charge in [-0.2, -0.15) is 0 Å². The van der Waals surface area contributed by atoms with Gasteiger partial charge in [-0.25, -0.2) is 4.98 Å². The minimum absolute atomic E-state index is 0.649. The summed E-state index contributed by atoms with van der Waals surface area (Å²) in [6, 6.07) is 0.649. The summed E-state index contributed by atoms with van der Waals surface area (Å²) in [5.74, 6) is 1.08. The van der Waals surface area contributed by atoms with E-state index >= 15 is 0 Å². The van der Waals surface area contributed by atoms with Crippen molar-refractivity contribution < 1.29 is 0 Å². The molecule has 18 heavy (non-hydrogen) atoms. The van der Waals surface area contributed by atoms with Crippen LogP contribution in [0.3, 0.4) is 0 Å². The zero-order chi connectivity index (χ0) is 12.6. The Morgan fingerprint density at radius 3 is 2.83 bits per heavy atom. The molecule has 0 radical (unpaired) electrons. The lowest BCUT2D eigenvalue weighted by atomic mass is 9.96. The van der Waals surface area contributed by atoms with Gasteiger partial charge in [-0.05, 0) is 19.3 Å². The number of imidazole rings is 1. The molecule has 1 aliphatic rings. The van der Waals surface area contributed by atoms with Crippen LogP contribution in [0.15, 0.2) is 12.4 Å². The SMILES string of the molecule is CCCCCCn1ccnc1NC1CCCCC1. The van der Waals surface area contributed by atoms with Crippen LogP contribution in [0.4, 0.5) is 5.95 Å². The maximum absolute atomic E-state index is 4.46. The molecule has 0 unspecified atom stereocenters. The van der Waals surface area contributed by atoms with E-state index < -0.39 is 0 Å². The Bertz CT molecular complexity index is 326. The van der Waals surface area contributed by atoms with E-state index in [2.05, 4.69) is 28.0 Å². The Hall–Kier alpha value is -0.990. The lowest BCUT2D eigenvalue weighted by molar-refractivity contribution is 0.458. The van der Waals surface area contributed by atoms with E-state index in [4.69, 9.17) is 0 Å². The molecule has 3 heteroatoms.